The van der Waals surface area contributed by atoms with Gasteiger partial charge in [0, 0.05) is 17.0 Å². The predicted molar refractivity (Wildman–Crippen MR) is 76.1 cm³/mol. The van der Waals surface area contributed by atoms with Gasteiger partial charge in [0.15, 0.2) is 5.13 Å². The predicted octanol–water partition coefficient (Wildman–Crippen LogP) is 1.72. The summed E-state index contributed by atoms with van der Waals surface area (Å²) in [6.45, 7) is 1.71. The molecular formula is C13H12N2O5S. The average molecular weight is 308 g/mol. The Labute approximate surface area is 123 Å². The summed E-state index contributed by atoms with van der Waals surface area (Å²) in [5, 5.41) is 23.1. The molecule has 1 heterocycles. The monoisotopic (exact) mass is 308 g/mol. The lowest BCUT2D eigenvalue weighted by Gasteiger charge is -2.02. The van der Waals surface area contributed by atoms with Crippen molar-refractivity contribution in [3.8, 4) is 22.8 Å². The molecule has 110 valence electrons. The fourth-order valence-electron chi connectivity index (χ4n) is 1.54. The molecule has 7 nitrogen and oxygen atoms in total. The standard InChI is InChI=1S/C13H12N2O5S/c1-2-20-12(19)11(18)15-13-14-9(6-21-13)8-4-3-7(16)5-10(8)17/h3-6,16-17H,2H2,1H3,(H,14,15,18). The number of anilines is 1. The van der Waals surface area contributed by atoms with Crippen molar-refractivity contribution in [3.63, 3.8) is 0 Å². The van der Waals surface area contributed by atoms with Crippen molar-refractivity contribution >= 4 is 28.3 Å². The molecule has 2 rings (SSSR count). The summed E-state index contributed by atoms with van der Waals surface area (Å²) in [6.07, 6.45) is 0. The van der Waals surface area contributed by atoms with E-state index in [0.717, 1.165) is 11.3 Å². The van der Waals surface area contributed by atoms with E-state index < -0.39 is 11.9 Å². The summed E-state index contributed by atoms with van der Waals surface area (Å²) in [5.74, 6) is -2.10. The van der Waals surface area contributed by atoms with Crippen LogP contribution in [0.15, 0.2) is 23.6 Å². The summed E-state index contributed by atoms with van der Waals surface area (Å²) < 4.78 is 4.56. The number of phenols is 2. The second-order valence-electron chi connectivity index (χ2n) is 3.91. The van der Waals surface area contributed by atoms with Crippen LogP contribution in [0, 0.1) is 0 Å². The fourth-order valence-corrected chi connectivity index (χ4v) is 2.24. The molecule has 2 aromatic rings. The third-order valence-corrected chi connectivity index (χ3v) is 3.20. The van der Waals surface area contributed by atoms with Crippen LogP contribution in [0.25, 0.3) is 11.3 Å². The van der Waals surface area contributed by atoms with Crippen molar-refractivity contribution in [2.45, 2.75) is 6.92 Å². The molecule has 1 aromatic heterocycles. The zero-order valence-corrected chi connectivity index (χ0v) is 11.8. The highest BCUT2D eigenvalue weighted by Gasteiger charge is 2.17. The zero-order valence-electron chi connectivity index (χ0n) is 11.0. The highest BCUT2D eigenvalue weighted by Crippen LogP contribution is 2.33. The zero-order chi connectivity index (χ0) is 15.4. The van der Waals surface area contributed by atoms with Gasteiger partial charge in [-0.25, -0.2) is 9.78 Å². The number of aromatic nitrogens is 1. The molecule has 0 bridgehead atoms. The van der Waals surface area contributed by atoms with Gasteiger partial charge >= 0.3 is 11.9 Å². The van der Waals surface area contributed by atoms with Crippen LogP contribution in [-0.2, 0) is 14.3 Å². The number of rotatable bonds is 3. The summed E-state index contributed by atoms with van der Waals surface area (Å²) in [4.78, 5) is 26.7. The van der Waals surface area contributed by atoms with Crippen molar-refractivity contribution in [2.75, 3.05) is 11.9 Å². The first-order chi connectivity index (χ1) is 10.0. The number of thiazole rings is 1. The normalized spacial score (nSPS) is 10.1. The van der Waals surface area contributed by atoms with Gasteiger partial charge < -0.3 is 14.9 Å². The lowest BCUT2D eigenvalue weighted by Crippen LogP contribution is -2.24. The van der Waals surface area contributed by atoms with Crippen molar-refractivity contribution in [3.05, 3.63) is 23.6 Å². The molecule has 0 spiro atoms. The largest absolute Gasteiger partial charge is 0.508 e. The van der Waals surface area contributed by atoms with E-state index in [1.807, 2.05) is 0 Å². The average Bonchev–Trinajstić information content (AvgIpc) is 2.87. The topological polar surface area (TPSA) is 109 Å². The lowest BCUT2D eigenvalue weighted by atomic mass is 10.1. The Morgan fingerprint density at radius 2 is 2.14 bits per heavy atom. The molecule has 8 heteroatoms. The van der Waals surface area contributed by atoms with Crippen LogP contribution >= 0.6 is 11.3 Å². The molecule has 0 aliphatic carbocycles. The number of esters is 1. The SMILES string of the molecule is CCOC(=O)C(=O)Nc1nc(-c2ccc(O)cc2O)cs1. The Morgan fingerprint density at radius 3 is 2.81 bits per heavy atom. The number of carbonyl (C=O) groups is 2. The van der Waals surface area contributed by atoms with Gasteiger partial charge in [0.25, 0.3) is 0 Å². The van der Waals surface area contributed by atoms with Crippen LogP contribution in [-0.4, -0.2) is 33.7 Å². The molecule has 0 atom stereocenters. The van der Waals surface area contributed by atoms with Gasteiger partial charge in [-0.3, -0.25) is 10.1 Å². The highest BCUT2D eigenvalue weighted by molar-refractivity contribution is 7.14. The van der Waals surface area contributed by atoms with Gasteiger partial charge in [-0.05, 0) is 19.1 Å². The van der Waals surface area contributed by atoms with Crippen LogP contribution in [0.4, 0.5) is 5.13 Å². The van der Waals surface area contributed by atoms with Crippen molar-refractivity contribution in [1.82, 2.24) is 4.98 Å². The number of aromatic hydroxyl groups is 2. The summed E-state index contributed by atoms with van der Waals surface area (Å²) >= 11 is 1.10. The summed E-state index contributed by atoms with van der Waals surface area (Å²) in [5.41, 5.74) is 0.817. The van der Waals surface area contributed by atoms with Crippen molar-refractivity contribution in [2.24, 2.45) is 0 Å². The molecule has 3 N–H and O–H groups in total. The number of ether oxygens (including phenoxy) is 1. The molecule has 0 aliphatic rings. The number of phenolic OH excluding ortho intramolecular Hbond substituents is 2. The Bertz CT molecular complexity index is 683. The Morgan fingerprint density at radius 1 is 1.38 bits per heavy atom. The quantitative estimate of drug-likeness (QED) is 0.588. The maximum Gasteiger partial charge on any atom is 0.397 e. The second kappa shape index (κ2) is 6.23. The highest BCUT2D eigenvalue weighted by atomic mass is 32.1. The number of benzene rings is 1. The van der Waals surface area contributed by atoms with Gasteiger partial charge in [0.2, 0.25) is 0 Å². The lowest BCUT2D eigenvalue weighted by molar-refractivity contribution is -0.152. The van der Waals surface area contributed by atoms with Crippen LogP contribution < -0.4 is 5.32 Å². The molecule has 0 fully saturated rings. The first kappa shape index (κ1) is 14.8. The van der Waals surface area contributed by atoms with E-state index in [9.17, 15) is 19.8 Å². The van der Waals surface area contributed by atoms with E-state index >= 15 is 0 Å². The third-order valence-electron chi connectivity index (χ3n) is 2.44. The fraction of sp³-hybridized carbons (Fsp3) is 0.154. The number of hydrogen-bond acceptors (Lipinski definition) is 7. The summed E-state index contributed by atoms with van der Waals surface area (Å²) in [7, 11) is 0. The molecule has 0 saturated carbocycles. The minimum absolute atomic E-state index is 0.0673. The van der Waals surface area contributed by atoms with E-state index in [0.29, 0.717) is 11.3 Å². The molecule has 1 aromatic carbocycles. The molecule has 0 unspecified atom stereocenters. The molecule has 21 heavy (non-hydrogen) atoms. The van der Waals surface area contributed by atoms with Crippen LogP contribution in [0.5, 0.6) is 11.5 Å². The number of amides is 1. The van der Waals surface area contributed by atoms with E-state index in [1.54, 1.807) is 12.3 Å². The van der Waals surface area contributed by atoms with E-state index in [2.05, 4.69) is 15.0 Å². The van der Waals surface area contributed by atoms with E-state index in [4.69, 9.17) is 0 Å². The molecule has 1 amide bonds. The molecule has 0 aliphatic heterocycles. The minimum Gasteiger partial charge on any atom is -0.508 e. The van der Waals surface area contributed by atoms with Crippen LogP contribution in [0.2, 0.25) is 0 Å². The van der Waals surface area contributed by atoms with Crippen molar-refractivity contribution in [1.29, 1.82) is 0 Å². The van der Waals surface area contributed by atoms with Crippen LogP contribution in [0.3, 0.4) is 0 Å². The number of nitrogens with one attached hydrogen (secondary N) is 1. The van der Waals surface area contributed by atoms with Gasteiger partial charge in [0.1, 0.15) is 11.5 Å². The van der Waals surface area contributed by atoms with E-state index in [1.165, 1.54) is 18.2 Å². The number of hydrogen-bond donors (Lipinski definition) is 3. The van der Waals surface area contributed by atoms with Gasteiger partial charge in [-0.2, -0.15) is 0 Å². The van der Waals surface area contributed by atoms with Crippen LogP contribution in [0.1, 0.15) is 6.92 Å². The van der Waals surface area contributed by atoms with Gasteiger partial charge in [-0.15, -0.1) is 11.3 Å². The Kier molecular flexibility index (Phi) is 4.39. The van der Waals surface area contributed by atoms with Gasteiger partial charge in [0.05, 0.1) is 12.3 Å². The minimum atomic E-state index is -0.985. The smallest absolute Gasteiger partial charge is 0.397 e. The first-order valence-corrected chi connectivity index (χ1v) is 6.85. The maximum atomic E-state index is 11.5. The third kappa shape index (κ3) is 3.48. The molecule has 0 radical (unpaired) electrons. The Balaban J connectivity index is 2.15. The molecular weight excluding hydrogens is 296 g/mol. The maximum absolute atomic E-state index is 11.5. The second-order valence-corrected chi connectivity index (χ2v) is 4.77. The number of carbonyl (C=O) groups excluding carboxylic acids is 2. The van der Waals surface area contributed by atoms with Gasteiger partial charge in [-0.1, -0.05) is 0 Å². The summed E-state index contributed by atoms with van der Waals surface area (Å²) in [6, 6.07) is 4.09. The molecule has 0 saturated heterocycles. The Hall–Kier alpha value is -2.61. The van der Waals surface area contributed by atoms with E-state index in [-0.39, 0.29) is 23.2 Å². The van der Waals surface area contributed by atoms with Crippen molar-refractivity contribution < 1.29 is 24.5 Å². The first-order valence-electron chi connectivity index (χ1n) is 5.97. The number of nitrogens with zero attached hydrogens (tertiary/aromatic N) is 1.